The predicted molar refractivity (Wildman–Crippen MR) is 37.1 cm³/mol. The van der Waals surface area contributed by atoms with Crippen LogP contribution < -0.4 is 0 Å². The van der Waals surface area contributed by atoms with Crippen LogP contribution in [0.4, 0.5) is 0 Å². The van der Waals surface area contributed by atoms with E-state index in [0.29, 0.717) is 13.0 Å². The molecule has 0 saturated heterocycles. The largest absolute Gasteiger partial charge is 0.499 e. The van der Waals surface area contributed by atoms with Crippen molar-refractivity contribution < 1.29 is 9.84 Å². The molecule has 1 unspecified atom stereocenters. The quantitative estimate of drug-likeness (QED) is 0.581. The van der Waals surface area contributed by atoms with Crippen LogP contribution in [-0.4, -0.2) is 17.3 Å². The van der Waals surface area contributed by atoms with Gasteiger partial charge in [0, 0.05) is 0 Å². The van der Waals surface area contributed by atoms with E-state index in [1.165, 1.54) is 6.26 Å². The van der Waals surface area contributed by atoms with Gasteiger partial charge in [0.25, 0.3) is 0 Å². The zero-order chi connectivity index (χ0) is 7.33. The average molecular weight is 130 g/mol. The van der Waals surface area contributed by atoms with Crippen LogP contribution in [-0.2, 0) is 4.74 Å². The van der Waals surface area contributed by atoms with E-state index in [0.717, 1.165) is 0 Å². The Bertz CT molecular complexity index is 86.9. The second-order valence-electron chi connectivity index (χ2n) is 2.33. The second kappa shape index (κ2) is 3.51. The molecule has 1 atom stereocenters. The molecular formula is C7H14O2. The SMILES string of the molecule is C=COCC(C)(O)CC. The van der Waals surface area contributed by atoms with Crippen molar-refractivity contribution in [2.45, 2.75) is 25.9 Å². The van der Waals surface area contributed by atoms with Crippen molar-refractivity contribution in [3.63, 3.8) is 0 Å². The predicted octanol–water partition coefficient (Wildman–Crippen LogP) is 1.31. The molecule has 0 aromatic rings. The van der Waals surface area contributed by atoms with Crippen molar-refractivity contribution in [2.75, 3.05) is 6.61 Å². The highest BCUT2D eigenvalue weighted by Crippen LogP contribution is 2.07. The van der Waals surface area contributed by atoms with Gasteiger partial charge in [0.2, 0.25) is 0 Å². The molecule has 0 aliphatic heterocycles. The third-order valence-corrected chi connectivity index (χ3v) is 1.27. The molecule has 0 aliphatic rings. The van der Waals surface area contributed by atoms with Crippen LogP contribution in [0.3, 0.4) is 0 Å². The summed E-state index contributed by atoms with van der Waals surface area (Å²) in [6.45, 7) is 7.33. The summed E-state index contributed by atoms with van der Waals surface area (Å²) in [6.07, 6.45) is 2.03. The number of hydrogen-bond acceptors (Lipinski definition) is 2. The first-order valence-corrected chi connectivity index (χ1v) is 3.07. The minimum atomic E-state index is -0.700. The molecule has 9 heavy (non-hydrogen) atoms. The van der Waals surface area contributed by atoms with Crippen molar-refractivity contribution >= 4 is 0 Å². The Kier molecular flexibility index (Phi) is 3.32. The highest BCUT2D eigenvalue weighted by Gasteiger charge is 2.16. The third kappa shape index (κ3) is 4.03. The molecule has 0 aliphatic carbocycles. The lowest BCUT2D eigenvalue weighted by atomic mass is 10.1. The molecule has 0 saturated carbocycles. The fourth-order valence-electron chi connectivity index (χ4n) is 0.341. The molecule has 0 heterocycles. The number of rotatable bonds is 4. The highest BCUT2D eigenvalue weighted by molar-refractivity contribution is 4.70. The first-order chi connectivity index (χ1) is 4.12. The fourth-order valence-corrected chi connectivity index (χ4v) is 0.341. The molecule has 0 aromatic carbocycles. The summed E-state index contributed by atoms with van der Waals surface area (Å²) >= 11 is 0. The van der Waals surface area contributed by atoms with Crippen LogP contribution in [0, 0.1) is 0 Å². The van der Waals surface area contributed by atoms with Crippen LogP contribution >= 0.6 is 0 Å². The summed E-state index contributed by atoms with van der Waals surface area (Å²) in [4.78, 5) is 0. The molecule has 0 bridgehead atoms. The van der Waals surface area contributed by atoms with E-state index in [1.54, 1.807) is 6.92 Å². The Hall–Kier alpha value is -0.500. The zero-order valence-corrected chi connectivity index (χ0v) is 6.05. The van der Waals surface area contributed by atoms with Gasteiger partial charge in [-0.05, 0) is 13.3 Å². The molecule has 54 valence electrons. The Labute approximate surface area is 56.1 Å². The summed E-state index contributed by atoms with van der Waals surface area (Å²) in [6, 6.07) is 0. The molecule has 2 nitrogen and oxygen atoms in total. The van der Waals surface area contributed by atoms with Gasteiger partial charge < -0.3 is 9.84 Å². The normalized spacial score (nSPS) is 16.3. The van der Waals surface area contributed by atoms with Gasteiger partial charge in [0.1, 0.15) is 6.61 Å². The molecular weight excluding hydrogens is 116 g/mol. The summed E-state index contributed by atoms with van der Waals surface area (Å²) in [5, 5.41) is 9.28. The number of ether oxygens (including phenoxy) is 1. The summed E-state index contributed by atoms with van der Waals surface area (Å²) in [5.74, 6) is 0. The van der Waals surface area contributed by atoms with E-state index in [9.17, 15) is 5.11 Å². The van der Waals surface area contributed by atoms with Crippen LogP contribution in [0.5, 0.6) is 0 Å². The van der Waals surface area contributed by atoms with E-state index in [4.69, 9.17) is 4.74 Å². The maximum atomic E-state index is 9.28. The Morgan fingerprint density at radius 2 is 2.33 bits per heavy atom. The maximum absolute atomic E-state index is 9.28. The van der Waals surface area contributed by atoms with Gasteiger partial charge in [-0.25, -0.2) is 0 Å². The van der Waals surface area contributed by atoms with E-state index in [-0.39, 0.29) is 0 Å². The summed E-state index contributed by atoms with van der Waals surface area (Å²) < 4.78 is 4.80. The maximum Gasteiger partial charge on any atom is 0.116 e. The average Bonchev–Trinajstić information content (AvgIpc) is 1.84. The molecule has 0 rings (SSSR count). The van der Waals surface area contributed by atoms with E-state index >= 15 is 0 Å². The van der Waals surface area contributed by atoms with E-state index in [1.807, 2.05) is 6.92 Å². The molecule has 0 aromatic heterocycles. The fraction of sp³-hybridized carbons (Fsp3) is 0.714. The topological polar surface area (TPSA) is 29.5 Å². The lowest BCUT2D eigenvalue weighted by Crippen LogP contribution is -2.28. The summed E-state index contributed by atoms with van der Waals surface area (Å²) in [5.41, 5.74) is -0.700. The van der Waals surface area contributed by atoms with Crippen molar-refractivity contribution in [3.8, 4) is 0 Å². The monoisotopic (exact) mass is 130 g/mol. The van der Waals surface area contributed by atoms with Crippen molar-refractivity contribution in [1.82, 2.24) is 0 Å². The standard InChI is InChI=1S/C7H14O2/c1-4-7(3,8)6-9-5-2/h5,8H,2,4,6H2,1,3H3. The Balaban J connectivity index is 3.44. The van der Waals surface area contributed by atoms with Crippen molar-refractivity contribution in [2.24, 2.45) is 0 Å². The van der Waals surface area contributed by atoms with Crippen LogP contribution in [0.2, 0.25) is 0 Å². The minimum absolute atomic E-state index is 0.326. The number of aliphatic hydroxyl groups is 1. The molecule has 1 N–H and O–H groups in total. The van der Waals surface area contributed by atoms with Crippen molar-refractivity contribution in [3.05, 3.63) is 12.8 Å². The van der Waals surface area contributed by atoms with Gasteiger partial charge in [0.05, 0.1) is 11.9 Å². The Morgan fingerprint density at radius 3 is 2.67 bits per heavy atom. The number of hydrogen-bond donors (Lipinski definition) is 1. The van der Waals surface area contributed by atoms with E-state index in [2.05, 4.69) is 6.58 Å². The second-order valence-corrected chi connectivity index (χ2v) is 2.33. The van der Waals surface area contributed by atoms with Crippen LogP contribution in [0.15, 0.2) is 12.8 Å². The van der Waals surface area contributed by atoms with Gasteiger partial charge in [-0.2, -0.15) is 0 Å². The smallest absolute Gasteiger partial charge is 0.116 e. The third-order valence-electron chi connectivity index (χ3n) is 1.27. The first kappa shape index (κ1) is 8.50. The van der Waals surface area contributed by atoms with E-state index < -0.39 is 5.60 Å². The van der Waals surface area contributed by atoms with Crippen molar-refractivity contribution in [1.29, 1.82) is 0 Å². The summed E-state index contributed by atoms with van der Waals surface area (Å²) in [7, 11) is 0. The molecule has 0 amide bonds. The van der Waals surface area contributed by atoms with Gasteiger partial charge >= 0.3 is 0 Å². The van der Waals surface area contributed by atoms with Crippen LogP contribution in [0.1, 0.15) is 20.3 Å². The van der Waals surface area contributed by atoms with Gasteiger partial charge in [-0.3, -0.25) is 0 Å². The lowest BCUT2D eigenvalue weighted by Gasteiger charge is -2.19. The van der Waals surface area contributed by atoms with Crippen LogP contribution in [0.25, 0.3) is 0 Å². The first-order valence-electron chi connectivity index (χ1n) is 3.07. The van der Waals surface area contributed by atoms with Gasteiger partial charge in [-0.1, -0.05) is 13.5 Å². The minimum Gasteiger partial charge on any atom is -0.499 e. The zero-order valence-electron chi connectivity index (χ0n) is 6.05. The molecule has 0 radical (unpaired) electrons. The molecule has 2 heteroatoms. The van der Waals surface area contributed by atoms with Gasteiger partial charge in [0.15, 0.2) is 0 Å². The van der Waals surface area contributed by atoms with Gasteiger partial charge in [-0.15, -0.1) is 0 Å². The molecule has 0 fully saturated rings. The Morgan fingerprint density at radius 1 is 1.78 bits per heavy atom. The molecule has 0 spiro atoms. The lowest BCUT2D eigenvalue weighted by molar-refractivity contribution is -0.00668. The highest BCUT2D eigenvalue weighted by atomic mass is 16.5.